The fourth-order valence-electron chi connectivity index (χ4n) is 2.28. The molecule has 5 nitrogen and oxygen atoms in total. The first-order valence-electron chi connectivity index (χ1n) is 8.00. The molecular formula is C19H20FN5. The Bertz CT molecular complexity index is 839. The number of hydrogen-bond donors (Lipinski definition) is 2. The molecule has 1 aromatic heterocycles. The van der Waals surface area contributed by atoms with Gasteiger partial charge >= 0.3 is 0 Å². The molecule has 0 unspecified atom stereocenters. The lowest BCUT2D eigenvalue weighted by atomic mass is 9.87. The fourth-order valence-corrected chi connectivity index (χ4v) is 2.28. The highest BCUT2D eigenvalue weighted by Crippen LogP contribution is 2.24. The van der Waals surface area contributed by atoms with Crippen molar-refractivity contribution >= 4 is 23.1 Å². The molecule has 0 fully saturated rings. The van der Waals surface area contributed by atoms with E-state index in [4.69, 9.17) is 0 Å². The highest BCUT2D eigenvalue weighted by atomic mass is 19.1. The van der Waals surface area contributed by atoms with E-state index < -0.39 is 0 Å². The minimum atomic E-state index is -0.293. The number of nitrogens with zero attached hydrogens (tertiary/aromatic N) is 3. The molecule has 0 saturated heterocycles. The van der Waals surface area contributed by atoms with E-state index in [1.807, 2.05) is 12.1 Å². The van der Waals surface area contributed by atoms with Crippen LogP contribution in [0.15, 0.2) is 54.7 Å². The molecule has 0 spiro atoms. The van der Waals surface area contributed by atoms with Crippen molar-refractivity contribution in [2.75, 3.05) is 10.6 Å². The van der Waals surface area contributed by atoms with E-state index in [1.165, 1.54) is 17.7 Å². The van der Waals surface area contributed by atoms with Crippen LogP contribution in [0.4, 0.5) is 27.5 Å². The number of rotatable bonds is 4. The molecule has 0 aliphatic carbocycles. The predicted molar refractivity (Wildman–Crippen MR) is 97.9 cm³/mol. The van der Waals surface area contributed by atoms with Crippen molar-refractivity contribution in [2.45, 2.75) is 26.2 Å². The van der Waals surface area contributed by atoms with Gasteiger partial charge in [-0.3, -0.25) is 0 Å². The maximum absolute atomic E-state index is 13.0. The quantitative estimate of drug-likeness (QED) is 0.716. The second-order valence-electron chi connectivity index (χ2n) is 6.75. The van der Waals surface area contributed by atoms with Crippen LogP contribution in [0, 0.1) is 5.82 Å². The van der Waals surface area contributed by atoms with Gasteiger partial charge in [-0.15, -0.1) is 5.10 Å². The standard InChI is InChI=1S/C19H20FN5/c1-19(2,3)13-4-8-15(9-5-13)22-17-12-21-25-18(24-17)23-16-10-6-14(20)7-11-16/h4-12H,1-3H3,(H2,22,23,24,25). The lowest BCUT2D eigenvalue weighted by molar-refractivity contribution is 0.590. The molecule has 0 bridgehead atoms. The van der Waals surface area contributed by atoms with Gasteiger partial charge in [-0.1, -0.05) is 32.9 Å². The molecule has 0 aliphatic rings. The second-order valence-corrected chi connectivity index (χ2v) is 6.75. The van der Waals surface area contributed by atoms with Crippen LogP contribution >= 0.6 is 0 Å². The Hall–Kier alpha value is -3.02. The van der Waals surface area contributed by atoms with Gasteiger partial charge in [0.15, 0.2) is 5.82 Å². The smallest absolute Gasteiger partial charge is 0.249 e. The maximum atomic E-state index is 13.0. The van der Waals surface area contributed by atoms with Gasteiger partial charge in [0.1, 0.15) is 5.82 Å². The first-order chi connectivity index (χ1) is 11.9. The Labute approximate surface area is 146 Å². The zero-order valence-corrected chi connectivity index (χ0v) is 14.4. The Kier molecular flexibility index (Phi) is 4.61. The Morgan fingerprint density at radius 3 is 2.08 bits per heavy atom. The summed E-state index contributed by atoms with van der Waals surface area (Å²) in [6.45, 7) is 6.53. The molecule has 3 aromatic rings. The van der Waals surface area contributed by atoms with Crippen molar-refractivity contribution < 1.29 is 4.39 Å². The van der Waals surface area contributed by atoms with Crippen LogP contribution in [0.2, 0.25) is 0 Å². The monoisotopic (exact) mass is 337 g/mol. The molecule has 1 heterocycles. The van der Waals surface area contributed by atoms with Crippen molar-refractivity contribution in [1.82, 2.24) is 15.2 Å². The Morgan fingerprint density at radius 1 is 0.840 bits per heavy atom. The topological polar surface area (TPSA) is 62.7 Å². The number of nitrogens with one attached hydrogen (secondary N) is 2. The average molecular weight is 337 g/mol. The van der Waals surface area contributed by atoms with E-state index in [1.54, 1.807) is 18.3 Å². The van der Waals surface area contributed by atoms with Crippen LogP contribution in [-0.4, -0.2) is 15.2 Å². The molecule has 0 saturated carbocycles. The molecule has 3 rings (SSSR count). The van der Waals surface area contributed by atoms with E-state index in [9.17, 15) is 4.39 Å². The Morgan fingerprint density at radius 2 is 1.44 bits per heavy atom. The van der Waals surface area contributed by atoms with E-state index in [0.29, 0.717) is 17.5 Å². The van der Waals surface area contributed by atoms with Gasteiger partial charge in [0.2, 0.25) is 5.95 Å². The summed E-state index contributed by atoms with van der Waals surface area (Å²) in [5, 5.41) is 14.1. The number of hydrogen-bond acceptors (Lipinski definition) is 5. The zero-order valence-electron chi connectivity index (χ0n) is 14.4. The van der Waals surface area contributed by atoms with Gasteiger partial charge < -0.3 is 10.6 Å². The average Bonchev–Trinajstić information content (AvgIpc) is 2.57. The van der Waals surface area contributed by atoms with Crippen molar-refractivity contribution in [1.29, 1.82) is 0 Å². The number of aromatic nitrogens is 3. The van der Waals surface area contributed by atoms with Crippen molar-refractivity contribution in [2.24, 2.45) is 0 Å². The molecule has 0 amide bonds. The molecule has 6 heteroatoms. The molecular weight excluding hydrogens is 317 g/mol. The van der Waals surface area contributed by atoms with Crippen LogP contribution in [0.1, 0.15) is 26.3 Å². The first-order valence-corrected chi connectivity index (χ1v) is 8.00. The summed E-state index contributed by atoms with van der Waals surface area (Å²) >= 11 is 0. The number of halogens is 1. The summed E-state index contributed by atoms with van der Waals surface area (Å²) in [6.07, 6.45) is 1.55. The van der Waals surface area contributed by atoms with Crippen LogP contribution in [0.3, 0.4) is 0 Å². The summed E-state index contributed by atoms with van der Waals surface area (Å²) < 4.78 is 13.0. The van der Waals surface area contributed by atoms with Gasteiger partial charge in [0.05, 0.1) is 6.20 Å². The second kappa shape index (κ2) is 6.84. The van der Waals surface area contributed by atoms with E-state index in [2.05, 4.69) is 58.7 Å². The molecule has 25 heavy (non-hydrogen) atoms. The third-order valence-electron chi connectivity index (χ3n) is 3.68. The molecule has 0 radical (unpaired) electrons. The highest BCUT2D eigenvalue weighted by Gasteiger charge is 2.12. The molecule has 2 aromatic carbocycles. The van der Waals surface area contributed by atoms with Crippen LogP contribution in [0.25, 0.3) is 0 Å². The number of benzene rings is 2. The third-order valence-corrected chi connectivity index (χ3v) is 3.68. The van der Waals surface area contributed by atoms with Gasteiger partial charge in [-0.25, -0.2) is 4.39 Å². The normalized spacial score (nSPS) is 11.2. The summed E-state index contributed by atoms with van der Waals surface area (Å²) in [5.41, 5.74) is 2.98. The predicted octanol–water partition coefficient (Wildman–Crippen LogP) is 4.80. The lowest BCUT2D eigenvalue weighted by Crippen LogP contribution is -2.10. The van der Waals surface area contributed by atoms with Crippen molar-refractivity contribution in [3.05, 3.63) is 66.1 Å². The van der Waals surface area contributed by atoms with E-state index in [0.717, 1.165) is 5.69 Å². The summed E-state index contributed by atoms with van der Waals surface area (Å²) in [7, 11) is 0. The van der Waals surface area contributed by atoms with Crippen LogP contribution in [-0.2, 0) is 5.41 Å². The number of anilines is 4. The molecule has 0 aliphatic heterocycles. The summed E-state index contributed by atoms with van der Waals surface area (Å²) in [5.74, 6) is 0.616. The van der Waals surface area contributed by atoms with Gasteiger partial charge in [0, 0.05) is 11.4 Å². The fraction of sp³-hybridized carbons (Fsp3) is 0.211. The summed E-state index contributed by atoms with van der Waals surface area (Å²) in [6, 6.07) is 14.2. The van der Waals surface area contributed by atoms with Crippen molar-refractivity contribution in [3.63, 3.8) is 0 Å². The van der Waals surface area contributed by atoms with Gasteiger partial charge in [-0.05, 0) is 47.4 Å². The lowest BCUT2D eigenvalue weighted by Gasteiger charge is -2.19. The van der Waals surface area contributed by atoms with E-state index in [-0.39, 0.29) is 11.2 Å². The minimum absolute atomic E-state index is 0.112. The van der Waals surface area contributed by atoms with Crippen molar-refractivity contribution in [3.8, 4) is 0 Å². The molecule has 128 valence electrons. The molecule has 0 atom stereocenters. The van der Waals surface area contributed by atoms with Gasteiger partial charge in [-0.2, -0.15) is 10.1 Å². The van der Waals surface area contributed by atoms with Gasteiger partial charge in [0.25, 0.3) is 0 Å². The zero-order chi connectivity index (χ0) is 17.9. The highest BCUT2D eigenvalue weighted by molar-refractivity contribution is 5.59. The third kappa shape index (κ3) is 4.50. The van der Waals surface area contributed by atoms with Crippen LogP contribution < -0.4 is 10.6 Å². The Balaban J connectivity index is 1.72. The first kappa shape index (κ1) is 16.8. The summed E-state index contributed by atoms with van der Waals surface area (Å²) in [4.78, 5) is 4.37. The molecule has 2 N–H and O–H groups in total. The maximum Gasteiger partial charge on any atom is 0.249 e. The minimum Gasteiger partial charge on any atom is -0.339 e. The SMILES string of the molecule is CC(C)(C)c1ccc(Nc2cnnc(Nc3ccc(F)cc3)n2)cc1. The van der Waals surface area contributed by atoms with E-state index >= 15 is 0 Å². The largest absolute Gasteiger partial charge is 0.339 e. The van der Waals surface area contributed by atoms with Crippen LogP contribution in [0.5, 0.6) is 0 Å².